The molecule has 1 amide bonds. The van der Waals surface area contributed by atoms with Gasteiger partial charge in [-0.15, -0.1) is 0 Å². The Kier molecular flexibility index (Phi) is 11.2. The van der Waals surface area contributed by atoms with Crippen molar-refractivity contribution in [3.05, 3.63) is 131 Å². The maximum Gasteiger partial charge on any atom is 0.303 e. The third-order valence-corrected chi connectivity index (χ3v) is 10.1. The van der Waals surface area contributed by atoms with Gasteiger partial charge in [-0.25, -0.2) is 0 Å². The number of carbonyl (C=O) groups is 2. The van der Waals surface area contributed by atoms with Crippen molar-refractivity contribution in [2.24, 2.45) is 5.92 Å². The highest BCUT2D eigenvalue weighted by Gasteiger charge is 2.28. The molecule has 11 heteroatoms. The van der Waals surface area contributed by atoms with Gasteiger partial charge in [0.2, 0.25) is 0 Å². The van der Waals surface area contributed by atoms with Crippen LogP contribution in [-0.2, 0) is 17.9 Å². The predicted molar refractivity (Wildman–Crippen MR) is 207 cm³/mol. The van der Waals surface area contributed by atoms with Crippen molar-refractivity contribution in [1.29, 1.82) is 0 Å². The zero-order valence-corrected chi connectivity index (χ0v) is 30.0. The minimum Gasteiger partial charge on any atom is -0.508 e. The average molecular weight is 726 g/mol. The second-order valence-corrected chi connectivity index (χ2v) is 13.9. The maximum absolute atomic E-state index is 14.4. The van der Waals surface area contributed by atoms with E-state index in [0.717, 1.165) is 41.9 Å². The molecule has 4 aromatic rings. The van der Waals surface area contributed by atoms with Crippen LogP contribution in [0.3, 0.4) is 0 Å². The lowest BCUT2D eigenvalue weighted by Crippen LogP contribution is -2.38. The summed E-state index contributed by atoms with van der Waals surface area (Å²) < 4.78 is 6.14. The SMILES string of the molecule is O=C(O)CCCC1CCN(C(=O)c2ccc(NCCN(Cc3ccccn3)Cc3ccccn3)cc2-c2c3ccc(=O)cc-3oc3cc(O)ccc23)CC1. The van der Waals surface area contributed by atoms with Crippen molar-refractivity contribution in [2.75, 3.05) is 31.5 Å². The van der Waals surface area contributed by atoms with Crippen LogP contribution in [0.4, 0.5) is 5.69 Å². The van der Waals surface area contributed by atoms with Crippen LogP contribution in [-0.4, -0.2) is 68.0 Å². The molecular weight excluding hydrogens is 683 g/mol. The fraction of sp³-hybridized carbons (Fsp3) is 0.279. The molecule has 0 atom stereocenters. The van der Waals surface area contributed by atoms with Gasteiger partial charge in [-0.1, -0.05) is 12.1 Å². The van der Waals surface area contributed by atoms with E-state index in [9.17, 15) is 19.5 Å². The zero-order valence-electron chi connectivity index (χ0n) is 30.0. The number of carbonyl (C=O) groups excluding carboxylic acids is 1. The lowest BCUT2D eigenvalue weighted by molar-refractivity contribution is -0.137. The molecule has 1 saturated heterocycles. The third-order valence-electron chi connectivity index (χ3n) is 10.1. The summed E-state index contributed by atoms with van der Waals surface area (Å²) in [4.78, 5) is 51.2. The second-order valence-electron chi connectivity index (χ2n) is 13.9. The van der Waals surface area contributed by atoms with Crippen molar-refractivity contribution >= 4 is 28.5 Å². The van der Waals surface area contributed by atoms with E-state index in [1.165, 1.54) is 18.2 Å². The van der Waals surface area contributed by atoms with Gasteiger partial charge < -0.3 is 24.8 Å². The van der Waals surface area contributed by atoms with Gasteiger partial charge >= 0.3 is 5.97 Å². The van der Waals surface area contributed by atoms with Gasteiger partial charge in [0.15, 0.2) is 5.43 Å². The fourth-order valence-corrected chi connectivity index (χ4v) is 7.35. The van der Waals surface area contributed by atoms with Crippen LogP contribution in [0, 0.1) is 5.92 Å². The molecule has 0 radical (unpaired) electrons. The Morgan fingerprint density at radius 3 is 2.30 bits per heavy atom. The van der Waals surface area contributed by atoms with Crippen molar-refractivity contribution in [3.63, 3.8) is 0 Å². The van der Waals surface area contributed by atoms with Crippen LogP contribution in [0.25, 0.3) is 33.4 Å². The molecule has 276 valence electrons. The van der Waals surface area contributed by atoms with Gasteiger partial charge in [0.05, 0.1) is 11.4 Å². The number of nitrogens with one attached hydrogen (secondary N) is 1. The van der Waals surface area contributed by atoms with E-state index < -0.39 is 5.97 Å². The Balaban J connectivity index is 1.20. The highest BCUT2D eigenvalue weighted by molar-refractivity contribution is 6.09. The lowest BCUT2D eigenvalue weighted by atomic mass is 9.88. The Bertz CT molecular complexity index is 2210. The number of aromatic nitrogens is 2. The minimum absolute atomic E-state index is 0.0220. The molecule has 3 N–H and O–H groups in total. The molecule has 2 aromatic carbocycles. The van der Waals surface area contributed by atoms with Crippen molar-refractivity contribution < 1.29 is 24.2 Å². The van der Waals surface area contributed by atoms with Gasteiger partial charge in [-0.2, -0.15) is 0 Å². The van der Waals surface area contributed by atoms with Gasteiger partial charge in [0.1, 0.15) is 17.1 Å². The Hall–Kier alpha value is -6.07. The summed E-state index contributed by atoms with van der Waals surface area (Å²) in [5.74, 6) is -0.122. The Morgan fingerprint density at radius 1 is 0.870 bits per heavy atom. The summed E-state index contributed by atoms with van der Waals surface area (Å²) >= 11 is 0. The second kappa shape index (κ2) is 16.7. The van der Waals surface area contributed by atoms with E-state index in [2.05, 4.69) is 20.2 Å². The summed E-state index contributed by atoms with van der Waals surface area (Å²) in [5.41, 5.74) is 5.52. The van der Waals surface area contributed by atoms with E-state index in [4.69, 9.17) is 9.52 Å². The first kappa shape index (κ1) is 36.3. The van der Waals surface area contributed by atoms with Gasteiger partial charge in [-0.3, -0.25) is 29.3 Å². The van der Waals surface area contributed by atoms with E-state index >= 15 is 0 Å². The summed E-state index contributed by atoms with van der Waals surface area (Å²) in [6.45, 7) is 3.74. The number of aliphatic carboxylic acids is 1. The number of pyridine rings is 2. The Labute approximate surface area is 313 Å². The van der Waals surface area contributed by atoms with E-state index in [0.29, 0.717) is 85.0 Å². The summed E-state index contributed by atoms with van der Waals surface area (Å²) in [6, 6.07) is 27.1. The number of hydrogen-bond donors (Lipinski definition) is 3. The fourth-order valence-electron chi connectivity index (χ4n) is 7.35. The molecule has 2 aliphatic heterocycles. The topological polar surface area (TPSA) is 149 Å². The van der Waals surface area contributed by atoms with E-state index in [1.54, 1.807) is 30.6 Å². The van der Waals surface area contributed by atoms with Gasteiger partial charge in [0.25, 0.3) is 5.91 Å². The average Bonchev–Trinajstić information content (AvgIpc) is 3.17. The highest BCUT2D eigenvalue weighted by Crippen LogP contribution is 2.43. The van der Waals surface area contributed by atoms with Crippen LogP contribution >= 0.6 is 0 Å². The van der Waals surface area contributed by atoms with Crippen LogP contribution in [0.5, 0.6) is 5.75 Å². The van der Waals surface area contributed by atoms with Crippen LogP contribution < -0.4 is 10.7 Å². The lowest BCUT2D eigenvalue weighted by Gasteiger charge is -2.33. The molecule has 54 heavy (non-hydrogen) atoms. The number of benzene rings is 3. The van der Waals surface area contributed by atoms with Crippen LogP contribution in [0.2, 0.25) is 0 Å². The molecule has 11 nitrogen and oxygen atoms in total. The molecule has 0 unspecified atom stereocenters. The molecule has 0 saturated carbocycles. The molecule has 0 bridgehead atoms. The molecule has 0 spiro atoms. The van der Waals surface area contributed by atoms with Crippen molar-refractivity contribution in [2.45, 2.75) is 45.2 Å². The quantitative estimate of drug-likeness (QED) is 0.0979. The summed E-state index contributed by atoms with van der Waals surface area (Å²) in [6.07, 6.45) is 6.85. The Morgan fingerprint density at radius 2 is 1.61 bits per heavy atom. The first-order chi connectivity index (χ1) is 26.3. The van der Waals surface area contributed by atoms with Crippen LogP contribution in [0.15, 0.2) is 113 Å². The number of fused-ring (bicyclic) bond motifs is 2. The monoisotopic (exact) mass is 725 g/mol. The smallest absolute Gasteiger partial charge is 0.303 e. The number of carboxylic acid groups (broad SMARTS) is 1. The number of phenols is 1. The molecule has 1 aliphatic carbocycles. The number of anilines is 1. The van der Waals surface area contributed by atoms with E-state index in [-0.39, 0.29) is 23.5 Å². The van der Waals surface area contributed by atoms with Gasteiger partial charge in [0, 0.05) is 98.0 Å². The number of likely N-dealkylation sites (tertiary alicyclic amines) is 1. The number of rotatable bonds is 14. The minimum atomic E-state index is -0.783. The first-order valence-electron chi connectivity index (χ1n) is 18.4. The molecule has 2 aromatic heterocycles. The highest BCUT2D eigenvalue weighted by atomic mass is 16.4. The standard InChI is InChI=1S/C43H43N5O6/c49-33-11-14-36-39(25-33)54-40-26-34(50)12-15-37(40)42(36)38-24-30(10-13-35(38)43(53)48-21-16-29(17-22-48)6-5-9-41(51)52)46-20-23-47(27-31-7-1-3-18-44-31)28-32-8-2-4-19-45-32/h1-4,7-8,10-15,18-19,24-26,29,46,49H,5-6,9,16-17,20-23,27-28H2,(H,51,52). The molecule has 7 rings (SSSR count). The van der Waals surface area contributed by atoms with Crippen LogP contribution in [0.1, 0.15) is 53.8 Å². The number of amides is 1. The number of carboxylic acids is 1. The van der Waals surface area contributed by atoms with Gasteiger partial charge in [-0.05, 0) is 104 Å². The molecule has 1 fully saturated rings. The number of aromatic hydroxyl groups is 1. The largest absolute Gasteiger partial charge is 0.508 e. The summed E-state index contributed by atoms with van der Waals surface area (Å²) in [7, 11) is 0. The number of hydrogen-bond acceptors (Lipinski definition) is 9. The first-order valence-corrected chi connectivity index (χ1v) is 18.4. The van der Waals surface area contributed by atoms with E-state index in [1.807, 2.05) is 59.5 Å². The molecular formula is C43H43N5O6. The number of nitrogens with zero attached hydrogens (tertiary/aromatic N) is 4. The third kappa shape index (κ3) is 8.75. The maximum atomic E-state index is 14.4. The van der Waals surface area contributed by atoms with Crippen molar-refractivity contribution in [1.82, 2.24) is 19.8 Å². The van der Waals surface area contributed by atoms with Crippen molar-refractivity contribution in [3.8, 4) is 28.2 Å². The predicted octanol–water partition coefficient (Wildman–Crippen LogP) is 7.28. The summed E-state index contributed by atoms with van der Waals surface area (Å²) in [5, 5.41) is 23.7. The molecule has 3 aliphatic rings. The number of piperidine rings is 1. The normalized spacial score (nSPS) is 13.5. The number of phenolic OH excluding ortho intramolecular Hbond substituents is 1. The molecule has 4 heterocycles. The zero-order chi connectivity index (χ0) is 37.4.